The van der Waals surface area contributed by atoms with Crippen LogP contribution in [0, 0.1) is 17.8 Å². The molecule has 0 aliphatic carbocycles. The Kier molecular flexibility index (Phi) is 3.78. The van der Waals surface area contributed by atoms with E-state index in [2.05, 4.69) is 0 Å². The van der Waals surface area contributed by atoms with Crippen LogP contribution >= 0.6 is 0 Å². The fraction of sp³-hybridized carbons (Fsp3) is 0.769. The minimum Gasteiger partial charge on any atom is -0.481 e. The second-order valence-electron chi connectivity index (χ2n) is 5.87. The van der Waals surface area contributed by atoms with Crippen molar-refractivity contribution in [1.29, 1.82) is 0 Å². The van der Waals surface area contributed by atoms with Crippen molar-refractivity contribution >= 4 is 17.8 Å². The summed E-state index contributed by atoms with van der Waals surface area (Å²) >= 11 is 0. The molecule has 2 heterocycles. The SMILES string of the molecule is CC(C)CN1CC(C(=O)N2CC(C(=O)O)C2)CC1=O. The predicted octanol–water partition coefficient (Wildman–Crippen LogP) is 0.0339. The maximum atomic E-state index is 12.1. The van der Waals surface area contributed by atoms with E-state index in [1.807, 2.05) is 13.8 Å². The van der Waals surface area contributed by atoms with Gasteiger partial charge in [-0.1, -0.05) is 13.8 Å². The minimum atomic E-state index is -0.854. The molecule has 1 unspecified atom stereocenters. The van der Waals surface area contributed by atoms with Gasteiger partial charge in [0.25, 0.3) is 0 Å². The molecule has 2 aliphatic rings. The van der Waals surface area contributed by atoms with Gasteiger partial charge in [-0.3, -0.25) is 14.4 Å². The molecule has 1 atom stereocenters. The number of carbonyl (C=O) groups is 3. The van der Waals surface area contributed by atoms with Crippen molar-refractivity contribution in [2.75, 3.05) is 26.2 Å². The first kappa shape index (κ1) is 13.8. The number of aliphatic carboxylic acids is 1. The van der Waals surface area contributed by atoms with E-state index in [4.69, 9.17) is 5.11 Å². The summed E-state index contributed by atoms with van der Waals surface area (Å²) < 4.78 is 0. The fourth-order valence-electron chi connectivity index (χ4n) is 2.63. The summed E-state index contributed by atoms with van der Waals surface area (Å²) in [5, 5.41) is 8.78. The van der Waals surface area contributed by atoms with Gasteiger partial charge >= 0.3 is 5.97 Å². The van der Waals surface area contributed by atoms with Crippen molar-refractivity contribution in [2.45, 2.75) is 20.3 Å². The largest absolute Gasteiger partial charge is 0.481 e. The average molecular weight is 268 g/mol. The lowest BCUT2D eigenvalue weighted by Crippen LogP contribution is -2.55. The third-order valence-corrected chi connectivity index (χ3v) is 3.69. The normalized spacial score (nSPS) is 23.9. The van der Waals surface area contributed by atoms with E-state index in [1.54, 1.807) is 9.80 Å². The van der Waals surface area contributed by atoms with Gasteiger partial charge in [0, 0.05) is 32.6 Å². The van der Waals surface area contributed by atoms with E-state index >= 15 is 0 Å². The van der Waals surface area contributed by atoms with Gasteiger partial charge in [0.05, 0.1) is 11.8 Å². The van der Waals surface area contributed by atoms with Crippen LogP contribution in [0.5, 0.6) is 0 Å². The van der Waals surface area contributed by atoms with Gasteiger partial charge < -0.3 is 14.9 Å². The number of amides is 2. The Morgan fingerprint density at radius 1 is 1.26 bits per heavy atom. The third-order valence-electron chi connectivity index (χ3n) is 3.69. The van der Waals surface area contributed by atoms with Gasteiger partial charge in [0.2, 0.25) is 11.8 Å². The van der Waals surface area contributed by atoms with Gasteiger partial charge in [0.1, 0.15) is 0 Å². The van der Waals surface area contributed by atoms with Crippen LogP contribution in [0.25, 0.3) is 0 Å². The fourth-order valence-corrected chi connectivity index (χ4v) is 2.63. The predicted molar refractivity (Wildman–Crippen MR) is 67.2 cm³/mol. The lowest BCUT2D eigenvalue weighted by molar-refractivity contribution is -0.154. The van der Waals surface area contributed by atoms with Gasteiger partial charge in [0.15, 0.2) is 0 Å². The van der Waals surface area contributed by atoms with E-state index in [1.165, 1.54) is 0 Å². The smallest absolute Gasteiger partial charge is 0.310 e. The zero-order chi connectivity index (χ0) is 14.2. The molecule has 0 aromatic rings. The summed E-state index contributed by atoms with van der Waals surface area (Å²) in [6, 6.07) is 0. The Balaban J connectivity index is 1.85. The molecular formula is C13H20N2O4. The Labute approximate surface area is 112 Å². The van der Waals surface area contributed by atoms with Crippen molar-refractivity contribution in [1.82, 2.24) is 9.80 Å². The number of rotatable bonds is 4. The van der Waals surface area contributed by atoms with Crippen molar-refractivity contribution in [3.05, 3.63) is 0 Å². The van der Waals surface area contributed by atoms with Gasteiger partial charge in [-0.2, -0.15) is 0 Å². The van der Waals surface area contributed by atoms with Crippen LogP contribution in [-0.2, 0) is 14.4 Å². The van der Waals surface area contributed by atoms with Crippen LogP contribution < -0.4 is 0 Å². The zero-order valence-corrected chi connectivity index (χ0v) is 11.3. The molecule has 6 heteroatoms. The number of carboxylic acid groups (broad SMARTS) is 1. The number of nitrogens with zero attached hydrogens (tertiary/aromatic N) is 2. The molecule has 2 amide bonds. The molecule has 0 radical (unpaired) electrons. The standard InChI is InChI=1S/C13H20N2O4/c1-8(2)4-14-5-9(3-11(14)16)12(17)15-6-10(7-15)13(18)19/h8-10H,3-7H2,1-2H3,(H,18,19). The number of carboxylic acids is 1. The molecule has 0 bridgehead atoms. The van der Waals surface area contributed by atoms with Gasteiger partial charge in [-0.25, -0.2) is 0 Å². The lowest BCUT2D eigenvalue weighted by atomic mass is 9.97. The average Bonchev–Trinajstić information content (AvgIpc) is 2.56. The highest BCUT2D eigenvalue weighted by Gasteiger charge is 2.42. The Bertz CT molecular complexity index is 401. The first-order chi connectivity index (χ1) is 8.88. The number of hydrogen-bond donors (Lipinski definition) is 1. The first-order valence-corrected chi connectivity index (χ1v) is 6.67. The molecule has 0 saturated carbocycles. The number of hydrogen-bond acceptors (Lipinski definition) is 3. The van der Waals surface area contributed by atoms with Crippen molar-refractivity contribution in [2.24, 2.45) is 17.8 Å². The molecule has 0 aromatic heterocycles. The Morgan fingerprint density at radius 2 is 1.89 bits per heavy atom. The molecule has 0 aromatic carbocycles. The van der Waals surface area contributed by atoms with E-state index in [0.717, 1.165) is 0 Å². The molecule has 6 nitrogen and oxygen atoms in total. The molecule has 2 aliphatic heterocycles. The highest BCUT2D eigenvalue weighted by atomic mass is 16.4. The molecule has 2 saturated heterocycles. The first-order valence-electron chi connectivity index (χ1n) is 6.67. The zero-order valence-electron chi connectivity index (χ0n) is 11.3. The topological polar surface area (TPSA) is 77.9 Å². The maximum absolute atomic E-state index is 12.1. The molecule has 1 N–H and O–H groups in total. The Morgan fingerprint density at radius 3 is 2.42 bits per heavy atom. The van der Waals surface area contributed by atoms with Crippen LogP contribution in [0.2, 0.25) is 0 Å². The van der Waals surface area contributed by atoms with Crippen molar-refractivity contribution in [3.8, 4) is 0 Å². The third kappa shape index (κ3) is 2.88. The lowest BCUT2D eigenvalue weighted by Gasteiger charge is -2.38. The molecule has 0 spiro atoms. The summed E-state index contributed by atoms with van der Waals surface area (Å²) in [5.74, 6) is -1.24. The molecule has 2 rings (SSSR count). The van der Waals surface area contributed by atoms with Crippen LogP contribution in [0.1, 0.15) is 20.3 Å². The minimum absolute atomic E-state index is 0.0300. The van der Waals surface area contributed by atoms with Gasteiger partial charge in [-0.05, 0) is 5.92 Å². The summed E-state index contributed by atoms with van der Waals surface area (Å²) in [7, 11) is 0. The van der Waals surface area contributed by atoms with Crippen LogP contribution in [0.3, 0.4) is 0 Å². The van der Waals surface area contributed by atoms with Gasteiger partial charge in [-0.15, -0.1) is 0 Å². The summed E-state index contributed by atoms with van der Waals surface area (Å²) in [6.07, 6.45) is 0.264. The second kappa shape index (κ2) is 5.19. The van der Waals surface area contributed by atoms with E-state index in [0.29, 0.717) is 19.0 Å². The maximum Gasteiger partial charge on any atom is 0.310 e. The van der Waals surface area contributed by atoms with Crippen LogP contribution in [0.15, 0.2) is 0 Å². The molecule has 19 heavy (non-hydrogen) atoms. The summed E-state index contributed by atoms with van der Waals surface area (Å²) in [5.41, 5.74) is 0. The van der Waals surface area contributed by atoms with E-state index < -0.39 is 11.9 Å². The van der Waals surface area contributed by atoms with Crippen molar-refractivity contribution in [3.63, 3.8) is 0 Å². The quantitative estimate of drug-likeness (QED) is 0.780. The monoisotopic (exact) mass is 268 g/mol. The second-order valence-corrected chi connectivity index (χ2v) is 5.87. The molecule has 2 fully saturated rings. The van der Waals surface area contributed by atoms with Crippen LogP contribution in [0.4, 0.5) is 0 Å². The highest BCUT2D eigenvalue weighted by Crippen LogP contribution is 2.25. The van der Waals surface area contributed by atoms with E-state index in [-0.39, 0.29) is 37.2 Å². The number of carbonyl (C=O) groups excluding carboxylic acids is 2. The van der Waals surface area contributed by atoms with Crippen molar-refractivity contribution < 1.29 is 19.5 Å². The summed E-state index contributed by atoms with van der Waals surface area (Å²) in [4.78, 5) is 37.9. The number of likely N-dealkylation sites (tertiary alicyclic amines) is 2. The summed E-state index contributed by atoms with van der Waals surface area (Å²) in [6.45, 7) is 5.79. The molecular weight excluding hydrogens is 248 g/mol. The molecule has 106 valence electrons. The van der Waals surface area contributed by atoms with E-state index in [9.17, 15) is 14.4 Å². The Hall–Kier alpha value is -1.59. The highest BCUT2D eigenvalue weighted by molar-refractivity contribution is 5.90. The van der Waals surface area contributed by atoms with Crippen LogP contribution in [-0.4, -0.2) is 58.9 Å².